The number of urea groups is 1. The third kappa shape index (κ3) is 3.54. The number of aryl methyl sites for hydroxylation is 1. The van der Waals surface area contributed by atoms with Gasteiger partial charge in [0.1, 0.15) is 5.01 Å². The lowest BCUT2D eigenvalue weighted by molar-refractivity contribution is 0.237. The molecule has 0 spiro atoms. The van der Waals surface area contributed by atoms with Gasteiger partial charge >= 0.3 is 6.03 Å². The predicted octanol–water partition coefficient (Wildman–Crippen LogP) is 3.30. The van der Waals surface area contributed by atoms with Crippen molar-refractivity contribution in [2.24, 2.45) is 0 Å². The maximum atomic E-state index is 12.3. The number of nitrogens with zero attached hydrogens (tertiary/aromatic N) is 2. The molecular weight excluding hydrogens is 300 g/mol. The fraction of sp³-hybridized carbons (Fsp3) is 0.400. The molecule has 0 aliphatic carbocycles. The first kappa shape index (κ1) is 16.2. The van der Waals surface area contributed by atoms with Crippen LogP contribution in [0.15, 0.2) is 23.7 Å². The zero-order chi connectivity index (χ0) is 16.2. The molecule has 0 saturated heterocycles. The molecule has 0 radical (unpaired) electrons. The number of aromatic nitrogens is 2. The van der Waals surface area contributed by atoms with Gasteiger partial charge in [-0.25, -0.2) is 14.8 Å². The molecule has 2 aromatic rings. The van der Waals surface area contributed by atoms with E-state index < -0.39 is 5.54 Å². The SMILES string of the molecule is CCC(C)(NC(=O)Nc1nc(C)ccc1OC)c1nccs1. The van der Waals surface area contributed by atoms with Crippen LogP contribution >= 0.6 is 11.3 Å². The van der Waals surface area contributed by atoms with Gasteiger partial charge in [0.15, 0.2) is 11.6 Å². The van der Waals surface area contributed by atoms with Crippen LogP contribution in [0.25, 0.3) is 0 Å². The monoisotopic (exact) mass is 320 g/mol. The summed E-state index contributed by atoms with van der Waals surface area (Å²) in [6, 6.07) is 3.27. The summed E-state index contributed by atoms with van der Waals surface area (Å²) >= 11 is 1.52. The van der Waals surface area contributed by atoms with Crippen LogP contribution in [0.4, 0.5) is 10.6 Å². The van der Waals surface area contributed by atoms with Gasteiger partial charge < -0.3 is 10.1 Å². The van der Waals surface area contributed by atoms with Gasteiger partial charge in [-0.3, -0.25) is 5.32 Å². The molecule has 22 heavy (non-hydrogen) atoms. The Hall–Kier alpha value is -2.15. The Balaban J connectivity index is 2.14. The zero-order valence-electron chi connectivity index (χ0n) is 13.1. The van der Waals surface area contributed by atoms with E-state index in [4.69, 9.17) is 4.74 Å². The Bertz CT molecular complexity index is 645. The second-order valence-electron chi connectivity index (χ2n) is 5.11. The van der Waals surface area contributed by atoms with E-state index in [-0.39, 0.29) is 6.03 Å². The molecule has 2 amide bonds. The Labute approximate surface area is 133 Å². The van der Waals surface area contributed by atoms with Crippen LogP contribution in [0, 0.1) is 6.92 Å². The molecule has 2 aromatic heterocycles. The van der Waals surface area contributed by atoms with Crippen LogP contribution in [0.2, 0.25) is 0 Å². The number of hydrogen-bond acceptors (Lipinski definition) is 5. The predicted molar refractivity (Wildman–Crippen MR) is 87.4 cm³/mol. The maximum absolute atomic E-state index is 12.3. The van der Waals surface area contributed by atoms with Crippen LogP contribution in [0.5, 0.6) is 5.75 Å². The smallest absolute Gasteiger partial charge is 0.321 e. The third-order valence-corrected chi connectivity index (χ3v) is 4.49. The lowest BCUT2D eigenvalue weighted by Gasteiger charge is -2.27. The Morgan fingerprint density at radius 3 is 2.82 bits per heavy atom. The first-order valence-corrected chi connectivity index (χ1v) is 7.87. The van der Waals surface area contributed by atoms with Gasteiger partial charge in [-0.05, 0) is 32.4 Å². The highest BCUT2D eigenvalue weighted by atomic mass is 32.1. The minimum absolute atomic E-state index is 0.337. The molecule has 0 bridgehead atoms. The molecule has 2 rings (SSSR count). The highest BCUT2D eigenvalue weighted by Crippen LogP contribution is 2.27. The summed E-state index contributed by atoms with van der Waals surface area (Å²) in [7, 11) is 1.54. The molecule has 2 heterocycles. The number of rotatable bonds is 5. The molecule has 0 saturated carbocycles. The Morgan fingerprint density at radius 2 is 2.23 bits per heavy atom. The summed E-state index contributed by atoms with van der Waals surface area (Å²) in [5.74, 6) is 0.922. The Morgan fingerprint density at radius 1 is 1.45 bits per heavy atom. The largest absolute Gasteiger partial charge is 0.493 e. The molecule has 0 aliphatic rings. The fourth-order valence-corrected chi connectivity index (χ4v) is 2.80. The van der Waals surface area contributed by atoms with Gasteiger partial charge in [0, 0.05) is 17.3 Å². The van der Waals surface area contributed by atoms with Crippen LogP contribution < -0.4 is 15.4 Å². The van der Waals surface area contributed by atoms with Crippen molar-refractivity contribution in [2.45, 2.75) is 32.7 Å². The molecule has 7 heteroatoms. The maximum Gasteiger partial charge on any atom is 0.321 e. The molecule has 6 nitrogen and oxygen atoms in total. The van der Waals surface area contributed by atoms with Crippen molar-refractivity contribution in [3.8, 4) is 5.75 Å². The van der Waals surface area contributed by atoms with Gasteiger partial charge in [0.2, 0.25) is 0 Å². The number of ether oxygens (including phenoxy) is 1. The summed E-state index contributed by atoms with van der Waals surface area (Å²) in [5.41, 5.74) is 0.282. The van der Waals surface area contributed by atoms with E-state index in [9.17, 15) is 4.79 Å². The van der Waals surface area contributed by atoms with Gasteiger partial charge in [0.05, 0.1) is 12.6 Å². The minimum atomic E-state index is -0.519. The summed E-state index contributed by atoms with van der Waals surface area (Å²) < 4.78 is 5.21. The quantitative estimate of drug-likeness (QED) is 0.886. The van der Waals surface area contributed by atoms with Gasteiger partial charge in [-0.2, -0.15) is 0 Å². The molecule has 0 aromatic carbocycles. The lowest BCUT2D eigenvalue weighted by Crippen LogP contribution is -2.45. The number of thiazole rings is 1. The van der Waals surface area contributed by atoms with E-state index >= 15 is 0 Å². The molecule has 2 N–H and O–H groups in total. The number of nitrogens with one attached hydrogen (secondary N) is 2. The number of methoxy groups -OCH3 is 1. The third-order valence-electron chi connectivity index (χ3n) is 3.45. The average Bonchev–Trinajstić information content (AvgIpc) is 3.02. The van der Waals surface area contributed by atoms with Crippen molar-refractivity contribution in [3.05, 3.63) is 34.4 Å². The average molecular weight is 320 g/mol. The number of anilines is 1. The number of carbonyl (C=O) groups is 1. The van der Waals surface area contributed by atoms with E-state index in [0.29, 0.717) is 11.6 Å². The normalized spacial score (nSPS) is 13.3. The molecule has 1 unspecified atom stereocenters. The molecule has 0 aliphatic heterocycles. The van der Waals surface area contributed by atoms with E-state index in [1.54, 1.807) is 19.4 Å². The number of carbonyl (C=O) groups excluding carboxylic acids is 1. The van der Waals surface area contributed by atoms with Crippen LogP contribution in [-0.2, 0) is 5.54 Å². The molecule has 118 valence electrons. The van der Waals surface area contributed by atoms with Crippen molar-refractivity contribution in [1.29, 1.82) is 0 Å². The van der Waals surface area contributed by atoms with E-state index in [0.717, 1.165) is 17.1 Å². The Kier molecular flexibility index (Phi) is 4.97. The van der Waals surface area contributed by atoms with Crippen molar-refractivity contribution >= 4 is 23.2 Å². The fourth-order valence-electron chi connectivity index (χ4n) is 1.98. The van der Waals surface area contributed by atoms with Crippen LogP contribution in [0.3, 0.4) is 0 Å². The van der Waals surface area contributed by atoms with E-state index in [1.165, 1.54) is 11.3 Å². The summed E-state index contributed by atoms with van der Waals surface area (Å²) in [4.78, 5) is 20.9. The minimum Gasteiger partial charge on any atom is -0.493 e. The summed E-state index contributed by atoms with van der Waals surface area (Å²) in [6.07, 6.45) is 2.46. The first-order valence-electron chi connectivity index (χ1n) is 6.99. The van der Waals surface area contributed by atoms with Crippen molar-refractivity contribution < 1.29 is 9.53 Å². The molecular formula is C15H20N4O2S. The van der Waals surface area contributed by atoms with Crippen LogP contribution in [-0.4, -0.2) is 23.1 Å². The lowest BCUT2D eigenvalue weighted by atomic mass is 10.0. The van der Waals surface area contributed by atoms with Crippen molar-refractivity contribution in [1.82, 2.24) is 15.3 Å². The van der Waals surface area contributed by atoms with Gasteiger partial charge in [-0.1, -0.05) is 6.92 Å². The number of pyridine rings is 1. The van der Waals surface area contributed by atoms with Gasteiger partial charge in [-0.15, -0.1) is 11.3 Å². The summed E-state index contributed by atoms with van der Waals surface area (Å²) in [5, 5.41) is 8.48. The standard InChI is InChI=1S/C15H20N4O2S/c1-5-15(3,13-16-8-9-22-13)19-14(20)18-12-11(21-4)7-6-10(2)17-12/h6-9H,5H2,1-4H3,(H2,17,18,19,20). The van der Waals surface area contributed by atoms with Crippen LogP contribution in [0.1, 0.15) is 31.0 Å². The second-order valence-corrected chi connectivity index (χ2v) is 6.00. The van der Waals surface area contributed by atoms with Gasteiger partial charge in [0.25, 0.3) is 0 Å². The first-order chi connectivity index (χ1) is 10.5. The number of amides is 2. The van der Waals surface area contributed by atoms with Crippen molar-refractivity contribution in [2.75, 3.05) is 12.4 Å². The van der Waals surface area contributed by atoms with E-state index in [1.807, 2.05) is 32.2 Å². The molecule has 1 atom stereocenters. The number of hydrogen-bond donors (Lipinski definition) is 2. The molecule has 0 fully saturated rings. The zero-order valence-corrected chi connectivity index (χ0v) is 14.0. The van der Waals surface area contributed by atoms with Crippen molar-refractivity contribution in [3.63, 3.8) is 0 Å². The second kappa shape index (κ2) is 6.74. The highest BCUT2D eigenvalue weighted by molar-refractivity contribution is 7.09. The van der Waals surface area contributed by atoms with E-state index in [2.05, 4.69) is 20.6 Å². The highest BCUT2D eigenvalue weighted by Gasteiger charge is 2.29. The topological polar surface area (TPSA) is 76.1 Å². The summed E-state index contributed by atoms with van der Waals surface area (Å²) in [6.45, 7) is 5.81.